The van der Waals surface area contributed by atoms with Crippen LogP contribution in [0.25, 0.3) is 0 Å². The maximum atomic E-state index is 11.2. The molecule has 3 heteroatoms. The van der Waals surface area contributed by atoms with Crippen molar-refractivity contribution in [2.75, 3.05) is 18.6 Å². The van der Waals surface area contributed by atoms with E-state index in [9.17, 15) is 4.79 Å². The minimum absolute atomic E-state index is 0.150. The van der Waals surface area contributed by atoms with Gasteiger partial charge in [-0.15, -0.1) is 0 Å². The third kappa shape index (κ3) is 2.58. The fraction of sp³-hybridized carbons (Fsp3) is 0.625. The van der Waals surface area contributed by atoms with Gasteiger partial charge in [-0.25, -0.2) is 0 Å². The van der Waals surface area contributed by atoms with E-state index in [1.54, 1.807) is 11.8 Å². The standard InChI is InChI=1S/C8H12O2S/c1-11-6-4-7(9)8-3-2-5-10-8/h3H,2,4-6H2,1H3. The average Bonchev–Trinajstić information content (AvgIpc) is 2.52. The van der Waals surface area contributed by atoms with E-state index in [2.05, 4.69) is 0 Å². The van der Waals surface area contributed by atoms with Gasteiger partial charge in [0.05, 0.1) is 6.61 Å². The Hall–Kier alpha value is -0.440. The molecule has 2 nitrogen and oxygen atoms in total. The van der Waals surface area contributed by atoms with Crippen LogP contribution in [0.5, 0.6) is 0 Å². The SMILES string of the molecule is CSCCC(=O)C1=CCCO1. The molecule has 0 aromatic rings. The van der Waals surface area contributed by atoms with E-state index >= 15 is 0 Å². The highest BCUT2D eigenvalue weighted by molar-refractivity contribution is 7.98. The Morgan fingerprint density at radius 2 is 2.64 bits per heavy atom. The average molecular weight is 172 g/mol. The number of Topliss-reactive ketones (excluding diaryl/α,β-unsaturated/α-hetero) is 1. The van der Waals surface area contributed by atoms with E-state index in [4.69, 9.17) is 4.74 Å². The van der Waals surface area contributed by atoms with Gasteiger partial charge >= 0.3 is 0 Å². The van der Waals surface area contributed by atoms with Crippen LogP contribution in [0, 0.1) is 0 Å². The Bertz CT molecular complexity index is 175. The van der Waals surface area contributed by atoms with Crippen LogP contribution in [-0.2, 0) is 9.53 Å². The zero-order valence-corrected chi connectivity index (χ0v) is 7.45. The molecule has 1 aliphatic heterocycles. The second-order valence-corrected chi connectivity index (χ2v) is 3.36. The highest BCUT2D eigenvalue weighted by atomic mass is 32.2. The number of thioether (sulfide) groups is 1. The zero-order valence-electron chi connectivity index (χ0n) is 6.63. The van der Waals surface area contributed by atoms with E-state index in [0.29, 0.717) is 18.8 Å². The molecule has 0 saturated heterocycles. The monoisotopic (exact) mass is 172 g/mol. The fourth-order valence-electron chi connectivity index (χ4n) is 0.930. The normalized spacial score (nSPS) is 15.9. The van der Waals surface area contributed by atoms with Crippen LogP contribution in [0.4, 0.5) is 0 Å². The molecule has 1 rings (SSSR count). The van der Waals surface area contributed by atoms with Gasteiger partial charge < -0.3 is 4.74 Å². The Kier molecular flexibility index (Phi) is 3.49. The molecular weight excluding hydrogens is 160 g/mol. The molecule has 1 heterocycles. The summed E-state index contributed by atoms with van der Waals surface area (Å²) in [6.45, 7) is 0.681. The Balaban J connectivity index is 2.29. The largest absolute Gasteiger partial charge is 0.490 e. The molecule has 0 spiro atoms. The number of hydrogen-bond donors (Lipinski definition) is 0. The van der Waals surface area contributed by atoms with Gasteiger partial charge in [-0.05, 0) is 12.3 Å². The predicted octanol–water partition coefficient (Wildman–Crippen LogP) is 1.61. The molecule has 11 heavy (non-hydrogen) atoms. The highest BCUT2D eigenvalue weighted by Crippen LogP contribution is 2.12. The van der Waals surface area contributed by atoms with Crippen LogP contribution in [0.2, 0.25) is 0 Å². The van der Waals surface area contributed by atoms with Crippen molar-refractivity contribution in [2.45, 2.75) is 12.8 Å². The van der Waals surface area contributed by atoms with Crippen molar-refractivity contribution in [1.29, 1.82) is 0 Å². The smallest absolute Gasteiger partial charge is 0.197 e. The maximum absolute atomic E-state index is 11.2. The van der Waals surface area contributed by atoms with Gasteiger partial charge in [-0.1, -0.05) is 0 Å². The van der Waals surface area contributed by atoms with E-state index in [-0.39, 0.29) is 5.78 Å². The molecule has 62 valence electrons. The van der Waals surface area contributed by atoms with Crippen molar-refractivity contribution >= 4 is 17.5 Å². The van der Waals surface area contributed by atoms with Crippen molar-refractivity contribution in [1.82, 2.24) is 0 Å². The fourth-order valence-corrected chi connectivity index (χ4v) is 1.32. The van der Waals surface area contributed by atoms with Crippen LogP contribution in [0.1, 0.15) is 12.8 Å². The first-order valence-corrected chi connectivity index (χ1v) is 5.09. The molecule has 0 aromatic carbocycles. The predicted molar refractivity (Wildman–Crippen MR) is 46.7 cm³/mol. The molecular formula is C8H12O2S. The summed E-state index contributed by atoms with van der Waals surface area (Å²) in [6.07, 6.45) is 5.37. The summed E-state index contributed by atoms with van der Waals surface area (Å²) in [5.74, 6) is 1.62. The van der Waals surface area contributed by atoms with Crippen LogP contribution in [0.3, 0.4) is 0 Å². The van der Waals surface area contributed by atoms with E-state index < -0.39 is 0 Å². The lowest BCUT2D eigenvalue weighted by atomic mass is 10.2. The minimum atomic E-state index is 0.150. The van der Waals surface area contributed by atoms with Gasteiger partial charge in [0, 0.05) is 18.6 Å². The van der Waals surface area contributed by atoms with Crippen LogP contribution in [0.15, 0.2) is 11.8 Å². The summed E-state index contributed by atoms with van der Waals surface area (Å²) in [4.78, 5) is 11.2. The maximum Gasteiger partial charge on any atom is 0.197 e. The molecule has 1 aliphatic rings. The lowest BCUT2D eigenvalue weighted by molar-refractivity contribution is -0.118. The third-order valence-electron chi connectivity index (χ3n) is 1.51. The van der Waals surface area contributed by atoms with Crippen LogP contribution < -0.4 is 0 Å². The third-order valence-corrected chi connectivity index (χ3v) is 2.13. The Morgan fingerprint density at radius 1 is 1.82 bits per heavy atom. The van der Waals surface area contributed by atoms with Gasteiger partial charge in [0.25, 0.3) is 0 Å². The molecule has 0 bridgehead atoms. The molecule has 0 atom stereocenters. The van der Waals surface area contributed by atoms with Crippen molar-refractivity contribution in [2.24, 2.45) is 0 Å². The summed E-state index contributed by atoms with van der Waals surface area (Å²) >= 11 is 1.69. The first-order chi connectivity index (χ1) is 5.34. The first kappa shape index (κ1) is 8.65. The number of carbonyl (C=O) groups excluding carboxylic acids is 1. The summed E-state index contributed by atoms with van der Waals surface area (Å²) in [5.41, 5.74) is 0. The number of allylic oxidation sites excluding steroid dienone is 1. The number of ether oxygens (including phenoxy) is 1. The number of carbonyl (C=O) groups is 1. The topological polar surface area (TPSA) is 26.3 Å². The molecule has 0 unspecified atom stereocenters. The van der Waals surface area contributed by atoms with Crippen LogP contribution >= 0.6 is 11.8 Å². The molecule has 0 aromatic heterocycles. The summed E-state index contributed by atoms with van der Waals surface area (Å²) < 4.78 is 5.11. The number of rotatable bonds is 4. The lowest BCUT2D eigenvalue weighted by Gasteiger charge is -2.00. The Labute approximate surface area is 71.0 Å². The van der Waals surface area contributed by atoms with Gasteiger partial charge in [-0.2, -0.15) is 11.8 Å². The Morgan fingerprint density at radius 3 is 3.18 bits per heavy atom. The van der Waals surface area contributed by atoms with Gasteiger partial charge in [0.1, 0.15) is 0 Å². The lowest BCUT2D eigenvalue weighted by Crippen LogP contribution is -2.03. The van der Waals surface area contributed by atoms with Crippen molar-refractivity contribution < 1.29 is 9.53 Å². The summed E-state index contributed by atoms with van der Waals surface area (Å²) in [7, 11) is 0. The van der Waals surface area contributed by atoms with Gasteiger partial charge in [0.2, 0.25) is 0 Å². The molecule has 0 radical (unpaired) electrons. The summed E-state index contributed by atoms with van der Waals surface area (Å²) in [6, 6.07) is 0. The quantitative estimate of drug-likeness (QED) is 0.644. The second kappa shape index (κ2) is 4.44. The van der Waals surface area contributed by atoms with Crippen molar-refractivity contribution in [3.63, 3.8) is 0 Å². The van der Waals surface area contributed by atoms with Gasteiger partial charge in [-0.3, -0.25) is 4.79 Å². The van der Waals surface area contributed by atoms with Crippen molar-refractivity contribution in [3.05, 3.63) is 11.8 Å². The molecule has 0 N–H and O–H groups in total. The van der Waals surface area contributed by atoms with E-state index in [1.807, 2.05) is 12.3 Å². The number of ketones is 1. The zero-order chi connectivity index (χ0) is 8.10. The molecule has 0 aliphatic carbocycles. The highest BCUT2D eigenvalue weighted by Gasteiger charge is 2.13. The van der Waals surface area contributed by atoms with E-state index in [0.717, 1.165) is 12.2 Å². The number of hydrogen-bond acceptors (Lipinski definition) is 3. The molecule has 0 amide bonds. The summed E-state index contributed by atoms with van der Waals surface area (Å²) in [5, 5.41) is 0. The minimum Gasteiger partial charge on any atom is -0.490 e. The van der Waals surface area contributed by atoms with Gasteiger partial charge in [0.15, 0.2) is 11.5 Å². The van der Waals surface area contributed by atoms with Crippen molar-refractivity contribution in [3.8, 4) is 0 Å². The second-order valence-electron chi connectivity index (χ2n) is 2.37. The first-order valence-electron chi connectivity index (χ1n) is 3.69. The van der Waals surface area contributed by atoms with Crippen LogP contribution in [-0.4, -0.2) is 24.4 Å². The van der Waals surface area contributed by atoms with E-state index in [1.165, 1.54) is 0 Å². The molecule has 0 saturated carbocycles. The molecule has 0 fully saturated rings.